The maximum Gasteiger partial charge on any atom is 1.00 e. The van der Waals surface area contributed by atoms with Crippen LogP contribution in [-0.2, 0) is 15.9 Å². The second-order valence-corrected chi connectivity index (χ2v) is 4.89. The minimum Gasteiger partial charge on any atom is -0.748 e. The predicted octanol–water partition coefficient (Wildman–Crippen LogP) is -1.41. The van der Waals surface area contributed by atoms with Gasteiger partial charge in [-0.15, -0.1) is 0 Å². The minimum atomic E-state index is -4.40. The van der Waals surface area contributed by atoms with Crippen LogP contribution in [-0.4, -0.2) is 18.1 Å². The average molecular weight is 260 g/mol. The SMILES string of the molecule is O=S(=O)([O-])Cc1c(O)ccc2ccccc12.[Na+]. The molecule has 0 bridgehead atoms. The van der Waals surface area contributed by atoms with Crippen LogP contribution in [0.5, 0.6) is 5.75 Å². The zero-order valence-corrected chi connectivity index (χ0v) is 12.1. The third-order valence-corrected chi connectivity index (χ3v) is 2.98. The number of phenolic OH excluding ortho intramolecular Hbond substituents is 1. The molecule has 0 aliphatic carbocycles. The molecule has 84 valence electrons. The van der Waals surface area contributed by atoms with E-state index in [4.69, 9.17) is 0 Å². The van der Waals surface area contributed by atoms with Crippen LogP contribution in [0.4, 0.5) is 0 Å². The van der Waals surface area contributed by atoms with E-state index in [2.05, 4.69) is 0 Å². The molecule has 0 saturated heterocycles. The van der Waals surface area contributed by atoms with Crippen molar-refractivity contribution in [3.8, 4) is 5.75 Å². The Balaban J connectivity index is 0.00000144. The van der Waals surface area contributed by atoms with Crippen LogP contribution in [0.25, 0.3) is 10.8 Å². The van der Waals surface area contributed by atoms with E-state index >= 15 is 0 Å². The van der Waals surface area contributed by atoms with Gasteiger partial charge in [-0.2, -0.15) is 0 Å². The summed E-state index contributed by atoms with van der Waals surface area (Å²) in [4.78, 5) is 0. The van der Waals surface area contributed by atoms with Crippen molar-refractivity contribution in [2.24, 2.45) is 0 Å². The van der Waals surface area contributed by atoms with Crippen molar-refractivity contribution < 1.29 is 47.6 Å². The molecule has 0 aliphatic rings. The van der Waals surface area contributed by atoms with Crippen molar-refractivity contribution in [3.63, 3.8) is 0 Å². The Morgan fingerprint density at radius 3 is 2.41 bits per heavy atom. The standard InChI is InChI=1S/C11H10O4S.Na/c12-11-6-5-8-3-1-2-4-9(8)10(11)7-16(13,14)15;/h1-6,12H,7H2,(H,13,14,15);/q;+1/p-1. The van der Waals surface area contributed by atoms with Crippen LogP contribution in [0, 0.1) is 0 Å². The van der Waals surface area contributed by atoms with Crippen molar-refractivity contribution in [1.29, 1.82) is 0 Å². The number of benzene rings is 2. The number of hydrogen-bond acceptors (Lipinski definition) is 4. The second-order valence-electron chi connectivity index (χ2n) is 3.49. The van der Waals surface area contributed by atoms with Crippen LogP contribution < -0.4 is 29.6 Å². The van der Waals surface area contributed by atoms with Gasteiger partial charge in [-0.3, -0.25) is 0 Å². The van der Waals surface area contributed by atoms with E-state index in [0.717, 1.165) is 5.39 Å². The molecule has 2 aromatic carbocycles. The first-order valence-corrected chi connectivity index (χ1v) is 6.18. The van der Waals surface area contributed by atoms with Crippen molar-refractivity contribution in [2.75, 3.05) is 0 Å². The van der Waals surface area contributed by atoms with E-state index in [0.29, 0.717) is 5.39 Å². The summed E-state index contributed by atoms with van der Waals surface area (Å²) in [6, 6.07) is 10.1. The Bertz CT molecular complexity index is 637. The Kier molecular flexibility index (Phi) is 4.57. The van der Waals surface area contributed by atoms with Crippen LogP contribution >= 0.6 is 0 Å². The molecule has 0 aromatic heterocycles. The minimum absolute atomic E-state index is 0. The Labute approximate surface area is 121 Å². The van der Waals surface area contributed by atoms with E-state index in [1.165, 1.54) is 6.07 Å². The zero-order valence-electron chi connectivity index (χ0n) is 9.25. The van der Waals surface area contributed by atoms with Gasteiger partial charge in [0.05, 0.1) is 15.9 Å². The first-order valence-electron chi connectivity index (χ1n) is 4.60. The molecule has 0 amide bonds. The molecule has 1 N–H and O–H groups in total. The summed E-state index contributed by atoms with van der Waals surface area (Å²) in [7, 11) is -4.40. The van der Waals surface area contributed by atoms with Crippen LogP contribution in [0.1, 0.15) is 5.56 Å². The Morgan fingerprint density at radius 2 is 1.76 bits per heavy atom. The fourth-order valence-electron chi connectivity index (χ4n) is 1.65. The third kappa shape index (κ3) is 3.43. The molecule has 0 heterocycles. The molecular weight excluding hydrogens is 251 g/mol. The Hall–Kier alpha value is -0.590. The summed E-state index contributed by atoms with van der Waals surface area (Å²) in [6.45, 7) is 0. The van der Waals surface area contributed by atoms with E-state index in [1.807, 2.05) is 0 Å². The molecule has 0 atom stereocenters. The molecule has 0 spiro atoms. The number of phenols is 1. The molecule has 0 saturated carbocycles. The summed E-state index contributed by atoms with van der Waals surface area (Å²) in [5.74, 6) is -0.863. The summed E-state index contributed by atoms with van der Waals surface area (Å²) in [5, 5.41) is 10.9. The fourth-order valence-corrected chi connectivity index (χ4v) is 2.31. The van der Waals surface area contributed by atoms with Crippen molar-refractivity contribution in [2.45, 2.75) is 5.75 Å². The van der Waals surface area contributed by atoms with Crippen molar-refractivity contribution in [1.82, 2.24) is 0 Å². The zero-order chi connectivity index (χ0) is 11.8. The molecule has 0 unspecified atom stereocenters. The van der Waals surface area contributed by atoms with Gasteiger partial charge in [0.25, 0.3) is 0 Å². The van der Waals surface area contributed by atoms with Gasteiger partial charge < -0.3 is 9.66 Å². The maximum absolute atomic E-state index is 10.7. The van der Waals surface area contributed by atoms with Gasteiger partial charge in [-0.1, -0.05) is 30.3 Å². The molecule has 0 fully saturated rings. The Morgan fingerprint density at radius 1 is 1.12 bits per heavy atom. The normalized spacial score (nSPS) is 11.1. The number of aromatic hydroxyl groups is 1. The number of fused-ring (bicyclic) bond motifs is 1. The third-order valence-electron chi connectivity index (χ3n) is 2.34. The average Bonchev–Trinajstić information content (AvgIpc) is 2.21. The van der Waals surface area contributed by atoms with E-state index in [-0.39, 0.29) is 40.9 Å². The number of rotatable bonds is 2. The van der Waals surface area contributed by atoms with Gasteiger partial charge >= 0.3 is 29.6 Å². The summed E-state index contributed by atoms with van der Waals surface area (Å²) < 4.78 is 32.2. The largest absolute Gasteiger partial charge is 1.00 e. The summed E-state index contributed by atoms with van der Waals surface area (Å²) in [6.07, 6.45) is 0. The van der Waals surface area contributed by atoms with Gasteiger partial charge in [0.1, 0.15) is 5.75 Å². The second kappa shape index (κ2) is 5.37. The molecule has 2 aromatic rings. The predicted molar refractivity (Wildman–Crippen MR) is 59.0 cm³/mol. The van der Waals surface area contributed by atoms with Crippen LogP contribution in [0.15, 0.2) is 36.4 Å². The molecular formula is C11H9NaO4S. The molecule has 4 nitrogen and oxygen atoms in total. The number of hydrogen-bond donors (Lipinski definition) is 1. The van der Waals surface area contributed by atoms with E-state index in [1.54, 1.807) is 30.3 Å². The fraction of sp³-hybridized carbons (Fsp3) is 0.0909. The molecule has 2 rings (SSSR count). The molecule has 0 aliphatic heterocycles. The molecule has 6 heteroatoms. The summed E-state index contributed by atoms with van der Waals surface area (Å²) in [5.41, 5.74) is 0.160. The van der Waals surface area contributed by atoms with Gasteiger partial charge in [0.15, 0.2) is 0 Å². The van der Waals surface area contributed by atoms with Crippen molar-refractivity contribution >= 4 is 20.9 Å². The topological polar surface area (TPSA) is 77.4 Å². The monoisotopic (exact) mass is 260 g/mol. The first kappa shape index (κ1) is 14.5. The van der Waals surface area contributed by atoms with E-state index in [9.17, 15) is 18.1 Å². The van der Waals surface area contributed by atoms with Gasteiger partial charge in [-0.25, -0.2) is 8.42 Å². The molecule has 0 radical (unpaired) electrons. The van der Waals surface area contributed by atoms with Crippen LogP contribution in [0.3, 0.4) is 0 Å². The summed E-state index contributed by atoms with van der Waals surface area (Å²) >= 11 is 0. The smallest absolute Gasteiger partial charge is 0.748 e. The first-order chi connectivity index (χ1) is 7.47. The maximum atomic E-state index is 10.7. The van der Waals surface area contributed by atoms with Gasteiger partial charge in [0, 0.05) is 5.56 Å². The quantitative estimate of drug-likeness (QED) is 0.532. The van der Waals surface area contributed by atoms with E-state index < -0.39 is 15.9 Å². The van der Waals surface area contributed by atoms with Gasteiger partial charge in [0.2, 0.25) is 0 Å². The van der Waals surface area contributed by atoms with Crippen molar-refractivity contribution in [3.05, 3.63) is 42.0 Å². The van der Waals surface area contributed by atoms with Crippen LogP contribution in [0.2, 0.25) is 0 Å². The van der Waals surface area contributed by atoms with Gasteiger partial charge in [-0.05, 0) is 16.8 Å². The molecule has 17 heavy (non-hydrogen) atoms.